The van der Waals surface area contributed by atoms with Crippen LogP contribution in [0.4, 0.5) is 4.39 Å². The summed E-state index contributed by atoms with van der Waals surface area (Å²) < 4.78 is 20.5. The van der Waals surface area contributed by atoms with Crippen LogP contribution in [0.25, 0.3) is 0 Å². The minimum absolute atomic E-state index is 0.0521. The fourth-order valence-corrected chi connectivity index (χ4v) is 2.95. The summed E-state index contributed by atoms with van der Waals surface area (Å²) in [6, 6.07) is 6.19. The van der Waals surface area contributed by atoms with Crippen LogP contribution in [-0.2, 0) is 33.8 Å². The van der Waals surface area contributed by atoms with Gasteiger partial charge in [-0.3, -0.25) is 14.3 Å². The number of carbonyl (C=O) groups is 2. The van der Waals surface area contributed by atoms with Crippen molar-refractivity contribution < 1.29 is 18.7 Å². The molecular weight excluding hydrogens is 361 g/mol. The molecule has 0 spiro atoms. The number of halogens is 1. The van der Waals surface area contributed by atoms with E-state index in [-0.39, 0.29) is 25.4 Å². The van der Waals surface area contributed by atoms with Gasteiger partial charge < -0.3 is 10.1 Å². The molecule has 0 aliphatic rings. The van der Waals surface area contributed by atoms with E-state index in [0.717, 1.165) is 23.5 Å². The van der Waals surface area contributed by atoms with Crippen LogP contribution in [0.3, 0.4) is 0 Å². The zero-order valence-corrected chi connectivity index (χ0v) is 16.9. The lowest BCUT2D eigenvalue weighted by Crippen LogP contribution is -2.28. The topological polar surface area (TPSA) is 73.2 Å². The van der Waals surface area contributed by atoms with Crippen molar-refractivity contribution in [2.45, 2.75) is 53.6 Å². The zero-order chi connectivity index (χ0) is 20.7. The van der Waals surface area contributed by atoms with E-state index in [0.29, 0.717) is 17.9 Å². The smallest absolute Gasteiger partial charge is 0.306 e. The van der Waals surface area contributed by atoms with Crippen LogP contribution < -0.4 is 5.32 Å². The minimum atomic E-state index is -0.464. The molecule has 0 bridgehead atoms. The third-order valence-electron chi connectivity index (χ3n) is 4.45. The highest BCUT2D eigenvalue weighted by Gasteiger charge is 2.15. The van der Waals surface area contributed by atoms with Crippen LogP contribution >= 0.6 is 0 Å². The Morgan fingerprint density at radius 3 is 2.64 bits per heavy atom. The number of carbonyl (C=O) groups excluding carboxylic acids is 2. The Morgan fingerprint density at radius 2 is 1.96 bits per heavy atom. The fourth-order valence-electron chi connectivity index (χ4n) is 2.95. The summed E-state index contributed by atoms with van der Waals surface area (Å²) in [6.07, 6.45) is 0.696. The first-order chi connectivity index (χ1) is 13.3. The highest BCUT2D eigenvalue weighted by atomic mass is 19.1. The summed E-state index contributed by atoms with van der Waals surface area (Å²) in [6.45, 7) is 8.70. The molecular formula is C21H28FN3O3. The largest absolute Gasteiger partial charge is 0.456 e. The maximum Gasteiger partial charge on any atom is 0.306 e. The Morgan fingerprint density at radius 1 is 1.25 bits per heavy atom. The highest BCUT2D eigenvalue weighted by molar-refractivity contribution is 5.80. The van der Waals surface area contributed by atoms with Crippen LogP contribution in [0.1, 0.15) is 42.8 Å². The van der Waals surface area contributed by atoms with Crippen LogP contribution in [-0.4, -0.2) is 28.3 Å². The molecule has 0 saturated heterocycles. The van der Waals surface area contributed by atoms with Gasteiger partial charge in [-0.15, -0.1) is 0 Å². The Bertz CT molecular complexity index is 830. The first-order valence-corrected chi connectivity index (χ1v) is 9.46. The third kappa shape index (κ3) is 6.18. The molecule has 2 aromatic rings. The van der Waals surface area contributed by atoms with Gasteiger partial charge in [-0.2, -0.15) is 5.10 Å². The van der Waals surface area contributed by atoms with Crippen molar-refractivity contribution in [2.75, 3.05) is 6.61 Å². The summed E-state index contributed by atoms with van der Waals surface area (Å²) in [5, 5.41) is 7.07. The van der Waals surface area contributed by atoms with Gasteiger partial charge in [-0.25, -0.2) is 4.39 Å². The second kappa shape index (κ2) is 10.0. The van der Waals surface area contributed by atoms with Gasteiger partial charge in [-0.1, -0.05) is 32.0 Å². The number of nitrogens with one attached hydrogen (secondary N) is 1. The van der Waals surface area contributed by atoms with Crippen molar-refractivity contribution in [2.24, 2.45) is 5.92 Å². The lowest BCUT2D eigenvalue weighted by atomic mass is 10.1. The molecule has 0 unspecified atom stereocenters. The number of hydrogen-bond acceptors (Lipinski definition) is 4. The number of hydrogen-bond donors (Lipinski definition) is 1. The summed E-state index contributed by atoms with van der Waals surface area (Å²) in [5.74, 6) is -0.813. The molecule has 2 rings (SSSR count). The van der Waals surface area contributed by atoms with Crippen LogP contribution in [0.2, 0.25) is 0 Å². The molecule has 28 heavy (non-hydrogen) atoms. The third-order valence-corrected chi connectivity index (χ3v) is 4.45. The summed E-state index contributed by atoms with van der Waals surface area (Å²) >= 11 is 0. The zero-order valence-electron chi connectivity index (χ0n) is 16.9. The molecule has 1 amide bonds. The Hall–Kier alpha value is -2.70. The first-order valence-electron chi connectivity index (χ1n) is 9.46. The van der Waals surface area contributed by atoms with Crippen molar-refractivity contribution in [3.8, 4) is 0 Å². The maximum absolute atomic E-state index is 13.5. The van der Waals surface area contributed by atoms with E-state index in [1.54, 1.807) is 18.2 Å². The standard InChI is InChI=1S/C21H28FN3O3/c1-14(2)12-25-16(4)18(15(3)24-25)9-10-21(27)28-13-20(26)23-11-17-7-5-6-8-19(17)22/h5-8,14H,9-13H2,1-4H3,(H,23,26). The molecule has 6 nitrogen and oxygen atoms in total. The van der Waals surface area contributed by atoms with Crippen LogP contribution in [0.5, 0.6) is 0 Å². The Balaban J connectivity index is 1.76. The molecule has 1 N–H and O–H groups in total. The molecule has 1 heterocycles. The van der Waals surface area contributed by atoms with Crippen LogP contribution in [0, 0.1) is 25.6 Å². The number of rotatable bonds is 9. The van der Waals surface area contributed by atoms with Crippen molar-refractivity contribution in [3.63, 3.8) is 0 Å². The number of aromatic nitrogens is 2. The lowest BCUT2D eigenvalue weighted by molar-refractivity contribution is -0.148. The molecule has 0 saturated carbocycles. The minimum Gasteiger partial charge on any atom is -0.456 e. The highest BCUT2D eigenvalue weighted by Crippen LogP contribution is 2.16. The molecule has 0 aliphatic carbocycles. The molecule has 0 radical (unpaired) electrons. The quantitative estimate of drug-likeness (QED) is 0.669. The monoisotopic (exact) mass is 389 g/mol. The molecule has 1 aromatic carbocycles. The Kier molecular flexibility index (Phi) is 7.72. The van der Waals surface area contributed by atoms with Gasteiger partial charge in [0.15, 0.2) is 6.61 Å². The van der Waals surface area contributed by atoms with Gasteiger partial charge in [-0.05, 0) is 37.8 Å². The van der Waals surface area contributed by atoms with Gasteiger partial charge >= 0.3 is 5.97 Å². The first kappa shape index (κ1) is 21.6. The van der Waals surface area contributed by atoms with Crippen molar-refractivity contribution in [3.05, 3.63) is 52.6 Å². The molecule has 0 aliphatic heterocycles. The van der Waals surface area contributed by atoms with Crippen molar-refractivity contribution >= 4 is 11.9 Å². The number of amides is 1. The predicted molar refractivity (Wildman–Crippen MR) is 104 cm³/mol. The van der Waals surface area contributed by atoms with E-state index in [9.17, 15) is 14.0 Å². The van der Waals surface area contributed by atoms with Crippen molar-refractivity contribution in [1.82, 2.24) is 15.1 Å². The second-order valence-electron chi connectivity index (χ2n) is 7.25. The molecule has 7 heteroatoms. The molecule has 152 valence electrons. The van der Waals surface area contributed by atoms with E-state index in [2.05, 4.69) is 24.3 Å². The van der Waals surface area contributed by atoms with E-state index >= 15 is 0 Å². The number of ether oxygens (including phenoxy) is 1. The van der Waals surface area contributed by atoms with Crippen molar-refractivity contribution in [1.29, 1.82) is 0 Å². The number of esters is 1. The SMILES string of the molecule is Cc1nn(CC(C)C)c(C)c1CCC(=O)OCC(=O)NCc1ccccc1F. The maximum atomic E-state index is 13.5. The molecule has 0 fully saturated rings. The second-order valence-corrected chi connectivity index (χ2v) is 7.25. The van der Waals surface area contributed by atoms with Crippen LogP contribution in [0.15, 0.2) is 24.3 Å². The molecule has 1 aromatic heterocycles. The van der Waals surface area contributed by atoms with Gasteiger partial charge in [0.05, 0.1) is 5.69 Å². The normalized spacial score (nSPS) is 10.9. The van der Waals surface area contributed by atoms with Gasteiger partial charge in [0.2, 0.25) is 0 Å². The number of nitrogens with zero attached hydrogens (tertiary/aromatic N) is 2. The summed E-state index contributed by atoms with van der Waals surface area (Å²) in [4.78, 5) is 23.8. The number of aryl methyl sites for hydroxylation is 1. The summed E-state index contributed by atoms with van der Waals surface area (Å²) in [5.41, 5.74) is 3.39. The summed E-state index contributed by atoms with van der Waals surface area (Å²) in [7, 11) is 0. The van der Waals surface area contributed by atoms with Gasteiger partial charge in [0.25, 0.3) is 5.91 Å². The van der Waals surface area contributed by atoms with Gasteiger partial charge in [0.1, 0.15) is 5.82 Å². The van der Waals surface area contributed by atoms with E-state index in [1.165, 1.54) is 6.07 Å². The van der Waals surface area contributed by atoms with E-state index < -0.39 is 11.9 Å². The van der Waals surface area contributed by atoms with E-state index in [1.807, 2.05) is 18.5 Å². The average Bonchev–Trinajstić information content (AvgIpc) is 2.90. The molecule has 0 atom stereocenters. The van der Waals surface area contributed by atoms with E-state index in [4.69, 9.17) is 4.74 Å². The lowest BCUT2D eigenvalue weighted by Gasteiger charge is -2.09. The fraction of sp³-hybridized carbons (Fsp3) is 0.476. The average molecular weight is 389 g/mol. The predicted octanol–water partition coefficient (Wildman–Crippen LogP) is 3.09. The number of benzene rings is 1. The van der Waals surface area contributed by atoms with Gasteiger partial charge in [0, 0.05) is 30.8 Å². The Labute approximate surface area is 165 Å².